The third-order valence-corrected chi connectivity index (χ3v) is 4.61. The van der Waals surface area contributed by atoms with E-state index in [1.807, 2.05) is 17.3 Å². The van der Waals surface area contributed by atoms with E-state index in [9.17, 15) is 4.79 Å². The summed E-state index contributed by atoms with van der Waals surface area (Å²) in [5.74, 6) is -0.974. The minimum atomic E-state index is -0.974. The van der Waals surface area contributed by atoms with Gasteiger partial charge in [0.05, 0.1) is 22.8 Å². The summed E-state index contributed by atoms with van der Waals surface area (Å²) < 4.78 is 1.06. The summed E-state index contributed by atoms with van der Waals surface area (Å²) in [5.41, 5.74) is 1.01. The van der Waals surface area contributed by atoms with Crippen LogP contribution in [0.25, 0.3) is 0 Å². The Morgan fingerprint density at radius 3 is 2.74 bits per heavy atom. The molecule has 100 valence electrons. The lowest BCUT2D eigenvalue weighted by molar-refractivity contribution is 0.0697. The number of thiophene rings is 1. The molecule has 0 saturated carbocycles. The molecule has 0 unspecified atom stereocenters. The molecule has 6 heteroatoms. The first-order chi connectivity index (χ1) is 8.97. The van der Waals surface area contributed by atoms with Crippen LogP contribution < -0.4 is 4.90 Å². The molecule has 0 aliphatic carbocycles. The lowest BCUT2D eigenvalue weighted by Crippen LogP contribution is -2.16. The highest BCUT2D eigenvalue weighted by Crippen LogP contribution is 2.29. The molecule has 1 N–H and O–H groups in total. The number of carboxylic acids is 1. The molecule has 2 aromatic rings. The third kappa shape index (κ3) is 3.49. The zero-order chi connectivity index (χ0) is 14.0. The minimum absolute atomic E-state index is 0.195. The van der Waals surface area contributed by atoms with Crippen molar-refractivity contribution >= 4 is 50.5 Å². The van der Waals surface area contributed by atoms with Crippen LogP contribution in [0.4, 0.5) is 5.69 Å². The van der Waals surface area contributed by atoms with Crippen LogP contribution in [-0.4, -0.2) is 18.1 Å². The third-order valence-electron chi connectivity index (χ3n) is 2.62. The van der Waals surface area contributed by atoms with Crippen LogP contribution in [0.5, 0.6) is 0 Å². The molecule has 19 heavy (non-hydrogen) atoms. The first-order valence-corrected chi connectivity index (χ1v) is 7.49. The maximum absolute atomic E-state index is 10.9. The van der Waals surface area contributed by atoms with Gasteiger partial charge in [0.25, 0.3) is 0 Å². The quantitative estimate of drug-likeness (QED) is 0.873. The first kappa shape index (κ1) is 14.4. The number of hydrogen-bond donors (Lipinski definition) is 1. The second-order valence-electron chi connectivity index (χ2n) is 4.06. The van der Waals surface area contributed by atoms with Crippen LogP contribution in [0.1, 0.15) is 15.2 Å². The summed E-state index contributed by atoms with van der Waals surface area (Å²) in [5, 5.41) is 11.4. The van der Waals surface area contributed by atoms with Gasteiger partial charge in [-0.25, -0.2) is 4.79 Å². The number of carbonyl (C=O) groups is 1. The molecule has 2 rings (SSSR count). The molecule has 1 heterocycles. The fraction of sp³-hybridized carbons (Fsp3) is 0.154. The van der Waals surface area contributed by atoms with E-state index in [4.69, 9.17) is 16.7 Å². The van der Waals surface area contributed by atoms with Gasteiger partial charge in [0.15, 0.2) is 0 Å². The number of rotatable bonds is 4. The van der Waals surface area contributed by atoms with Gasteiger partial charge < -0.3 is 10.0 Å². The highest BCUT2D eigenvalue weighted by molar-refractivity contribution is 9.10. The van der Waals surface area contributed by atoms with Gasteiger partial charge in [0.1, 0.15) is 0 Å². The van der Waals surface area contributed by atoms with Crippen molar-refractivity contribution in [2.75, 3.05) is 11.9 Å². The molecular weight excluding hydrogens is 350 g/mol. The number of nitrogens with zero attached hydrogens (tertiary/aromatic N) is 1. The van der Waals surface area contributed by atoms with E-state index >= 15 is 0 Å². The number of anilines is 1. The van der Waals surface area contributed by atoms with E-state index < -0.39 is 5.97 Å². The Hall–Kier alpha value is -1.04. The summed E-state index contributed by atoms with van der Waals surface area (Å²) in [4.78, 5) is 14.0. The normalized spacial score (nSPS) is 10.5. The smallest absolute Gasteiger partial charge is 0.335 e. The van der Waals surface area contributed by atoms with Crippen molar-refractivity contribution in [3.05, 3.63) is 49.6 Å². The Bertz CT molecular complexity index is 614. The second-order valence-corrected chi connectivity index (χ2v) is 6.38. The molecule has 0 radical (unpaired) electrons. The van der Waals surface area contributed by atoms with E-state index in [0.29, 0.717) is 5.02 Å². The molecule has 0 amide bonds. The lowest BCUT2D eigenvalue weighted by atomic mass is 10.2. The van der Waals surface area contributed by atoms with E-state index in [1.54, 1.807) is 23.5 Å². The summed E-state index contributed by atoms with van der Waals surface area (Å²) in [6.07, 6.45) is 0. The van der Waals surface area contributed by atoms with Crippen molar-refractivity contribution in [1.82, 2.24) is 0 Å². The Morgan fingerprint density at radius 1 is 1.47 bits per heavy atom. The fourth-order valence-corrected chi connectivity index (χ4v) is 3.53. The fourth-order valence-electron chi connectivity index (χ4n) is 1.71. The summed E-state index contributed by atoms with van der Waals surface area (Å²) in [6, 6.07) is 6.82. The van der Waals surface area contributed by atoms with Gasteiger partial charge in [-0.1, -0.05) is 11.6 Å². The van der Waals surface area contributed by atoms with Crippen molar-refractivity contribution in [3.8, 4) is 0 Å². The Balaban J connectivity index is 2.19. The molecule has 0 atom stereocenters. The van der Waals surface area contributed by atoms with Crippen molar-refractivity contribution in [3.63, 3.8) is 0 Å². The lowest BCUT2D eigenvalue weighted by Gasteiger charge is -2.20. The molecule has 0 bridgehead atoms. The molecule has 0 fully saturated rings. The molecule has 0 aliphatic heterocycles. The van der Waals surface area contributed by atoms with Gasteiger partial charge >= 0.3 is 5.97 Å². The van der Waals surface area contributed by atoms with Crippen LogP contribution in [0.15, 0.2) is 34.1 Å². The molecule has 0 aliphatic rings. The van der Waals surface area contributed by atoms with Crippen LogP contribution in [-0.2, 0) is 6.54 Å². The Kier molecular flexibility index (Phi) is 4.50. The molecular formula is C13H11BrClNO2S. The molecule has 0 saturated heterocycles. The van der Waals surface area contributed by atoms with Gasteiger partial charge in [-0.05, 0) is 40.2 Å². The van der Waals surface area contributed by atoms with Gasteiger partial charge in [0.2, 0.25) is 0 Å². The SMILES string of the molecule is CN(Cc1cc(Br)cs1)c1ccc(C(=O)O)cc1Cl. The minimum Gasteiger partial charge on any atom is -0.478 e. The maximum atomic E-state index is 10.9. The standard InChI is InChI=1S/C13H11BrClNO2S/c1-16(6-10-5-9(14)7-19-10)12-3-2-8(13(17)18)4-11(12)15/h2-5,7H,6H2,1H3,(H,17,18). The highest BCUT2D eigenvalue weighted by Gasteiger charge is 2.11. The van der Waals surface area contributed by atoms with E-state index in [2.05, 4.69) is 22.0 Å². The predicted octanol–water partition coefficient (Wildman–Crippen LogP) is 4.50. The van der Waals surface area contributed by atoms with Gasteiger partial charge in [-0.2, -0.15) is 0 Å². The van der Waals surface area contributed by atoms with Crippen LogP contribution in [0.3, 0.4) is 0 Å². The topological polar surface area (TPSA) is 40.5 Å². The predicted molar refractivity (Wildman–Crippen MR) is 82.5 cm³/mol. The summed E-state index contributed by atoms with van der Waals surface area (Å²) in [7, 11) is 1.93. The van der Waals surface area contributed by atoms with E-state index in [0.717, 1.165) is 16.7 Å². The Morgan fingerprint density at radius 2 is 2.21 bits per heavy atom. The molecule has 1 aromatic carbocycles. The largest absolute Gasteiger partial charge is 0.478 e. The maximum Gasteiger partial charge on any atom is 0.335 e. The van der Waals surface area contributed by atoms with E-state index in [1.165, 1.54) is 10.9 Å². The van der Waals surface area contributed by atoms with Crippen LogP contribution >= 0.6 is 38.9 Å². The number of carboxylic acid groups (broad SMARTS) is 1. The van der Waals surface area contributed by atoms with Crippen molar-refractivity contribution in [2.24, 2.45) is 0 Å². The van der Waals surface area contributed by atoms with Crippen molar-refractivity contribution < 1.29 is 9.90 Å². The highest BCUT2D eigenvalue weighted by atomic mass is 79.9. The number of halogens is 2. The van der Waals surface area contributed by atoms with Crippen molar-refractivity contribution in [1.29, 1.82) is 0 Å². The molecule has 1 aromatic heterocycles. The van der Waals surface area contributed by atoms with Crippen molar-refractivity contribution in [2.45, 2.75) is 6.54 Å². The van der Waals surface area contributed by atoms with Crippen LogP contribution in [0.2, 0.25) is 5.02 Å². The molecule has 3 nitrogen and oxygen atoms in total. The first-order valence-electron chi connectivity index (χ1n) is 5.44. The molecule has 0 spiro atoms. The average Bonchev–Trinajstić information content (AvgIpc) is 2.74. The average molecular weight is 361 g/mol. The second kappa shape index (κ2) is 5.94. The number of benzene rings is 1. The zero-order valence-electron chi connectivity index (χ0n) is 10.1. The van der Waals surface area contributed by atoms with Crippen LogP contribution in [0, 0.1) is 0 Å². The summed E-state index contributed by atoms with van der Waals surface area (Å²) >= 11 is 11.2. The monoisotopic (exact) mass is 359 g/mol. The van der Waals surface area contributed by atoms with E-state index in [-0.39, 0.29) is 5.56 Å². The summed E-state index contributed by atoms with van der Waals surface area (Å²) in [6.45, 7) is 0.725. The van der Waals surface area contributed by atoms with Gasteiger partial charge in [-0.15, -0.1) is 11.3 Å². The Labute approximate surface area is 128 Å². The van der Waals surface area contributed by atoms with Gasteiger partial charge in [0, 0.05) is 21.8 Å². The zero-order valence-corrected chi connectivity index (χ0v) is 13.2. The van der Waals surface area contributed by atoms with Gasteiger partial charge in [-0.3, -0.25) is 0 Å². The number of aromatic carboxylic acids is 1. The number of hydrogen-bond acceptors (Lipinski definition) is 3.